The molecule has 20 heavy (non-hydrogen) atoms. The van der Waals surface area contributed by atoms with Crippen molar-refractivity contribution in [3.63, 3.8) is 0 Å². The maximum absolute atomic E-state index is 12.4. The standard InChI is InChI=1S/C14H16F2N2O2/c15-14(16)20-12-3-1-2-9(4-12)13(19)18-7-10-5-17-6-11(10)8-18/h1-4,10-11,14,17H,5-8H2/t10-,11+. The number of halogens is 2. The summed E-state index contributed by atoms with van der Waals surface area (Å²) < 4.78 is 28.7. The zero-order chi connectivity index (χ0) is 14.1. The van der Waals surface area contributed by atoms with Gasteiger partial charge in [-0.25, -0.2) is 0 Å². The van der Waals surface area contributed by atoms with Gasteiger partial charge in [-0.05, 0) is 30.0 Å². The summed E-state index contributed by atoms with van der Waals surface area (Å²) in [4.78, 5) is 14.2. The normalized spacial score (nSPS) is 25.1. The van der Waals surface area contributed by atoms with Crippen LogP contribution in [0.2, 0.25) is 0 Å². The van der Waals surface area contributed by atoms with Crippen molar-refractivity contribution in [1.82, 2.24) is 10.2 Å². The molecule has 0 bridgehead atoms. The minimum Gasteiger partial charge on any atom is -0.435 e. The summed E-state index contributed by atoms with van der Waals surface area (Å²) in [7, 11) is 0. The summed E-state index contributed by atoms with van der Waals surface area (Å²) in [6, 6.07) is 5.99. The van der Waals surface area contributed by atoms with Gasteiger partial charge in [-0.1, -0.05) is 6.07 Å². The molecule has 0 spiro atoms. The molecule has 0 aliphatic carbocycles. The van der Waals surface area contributed by atoms with E-state index in [1.807, 2.05) is 0 Å². The number of alkyl halides is 2. The number of rotatable bonds is 3. The Morgan fingerprint density at radius 1 is 1.30 bits per heavy atom. The topological polar surface area (TPSA) is 41.6 Å². The highest BCUT2D eigenvalue weighted by Gasteiger charge is 2.38. The largest absolute Gasteiger partial charge is 0.435 e. The number of nitrogens with zero attached hydrogens (tertiary/aromatic N) is 1. The first-order valence-corrected chi connectivity index (χ1v) is 6.68. The molecule has 0 radical (unpaired) electrons. The third-order valence-corrected chi connectivity index (χ3v) is 3.98. The number of hydrogen-bond acceptors (Lipinski definition) is 3. The molecule has 0 saturated carbocycles. The van der Waals surface area contributed by atoms with Crippen molar-refractivity contribution in [3.05, 3.63) is 29.8 Å². The Hall–Kier alpha value is -1.69. The van der Waals surface area contributed by atoms with Gasteiger partial charge in [0.15, 0.2) is 0 Å². The Morgan fingerprint density at radius 3 is 2.65 bits per heavy atom. The van der Waals surface area contributed by atoms with Gasteiger partial charge in [-0.2, -0.15) is 8.78 Å². The lowest BCUT2D eigenvalue weighted by Crippen LogP contribution is -2.31. The van der Waals surface area contributed by atoms with Crippen molar-refractivity contribution >= 4 is 5.91 Å². The molecule has 0 aromatic heterocycles. The monoisotopic (exact) mass is 282 g/mol. The van der Waals surface area contributed by atoms with Crippen molar-refractivity contribution in [3.8, 4) is 5.75 Å². The average molecular weight is 282 g/mol. The van der Waals surface area contributed by atoms with Crippen LogP contribution < -0.4 is 10.1 Å². The summed E-state index contributed by atoms with van der Waals surface area (Å²) in [6.45, 7) is 0.483. The fourth-order valence-electron chi connectivity index (χ4n) is 3.01. The van der Waals surface area contributed by atoms with Crippen LogP contribution in [-0.2, 0) is 0 Å². The SMILES string of the molecule is O=C(c1cccc(OC(F)F)c1)N1C[C@H]2CNC[C@H]2C1. The molecule has 1 aromatic rings. The van der Waals surface area contributed by atoms with Crippen LogP contribution in [-0.4, -0.2) is 43.6 Å². The Kier molecular flexibility index (Phi) is 3.56. The van der Waals surface area contributed by atoms with Gasteiger partial charge < -0.3 is 15.0 Å². The molecule has 108 valence electrons. The van der Waals surface area contributed by atoms with E-state index in [0.29, 0.717) is 17.4 Å². The fourth-order valence-corrected chi connectivity index (χ4v) is 3.01. The number of nitrogens with one attached hydrogen (secondary N) is 1. The quantitative estimate of drug-likeness (QED) is 0.915. The fraction of sp³-hybridized carbons (Fsp3) is 0.500. The highest BCUT2D eigenvalue weighted by Crippen LogP contribution is 2.28. The molecule has 1 N–H and O–H groups in total. The molecule has 1 amide bonds. The van der Waals surface area contributed by atoms with Crippen LogP contribution in [0.25, 0.3) is 0 Å². The second-order valence-electron chi connectivity index (χ2n) is 5.29. The lowest BCUT2D eigenvalue weighted by molar-refractivity contribution is -0.0499. The highest BCUT2D eigenvalue weighted by molar-refractivity contribution is 5.94. The van der Waals surface area contributed by atoms with Crippen LogP contribution >= 0.6 is 0 Å². The van der Waals surface area contributed by atoms with Crippen LogP contribution in [0, 0.1) is 11.8 Å². The summed E-state index contributed by atoms with van der Waals surface area (Å²) in [5.41, 5.74) is 0.399. The van der Waals surface area contributed by atoms with E-state index in [-0.39, 0.29) is 11.7 Å². The first-order valence-electron chi connectivity index (χ1n) is 6.68. The number of carbonyl (C=O) groups is 1. The Morgan fingerprint density at radius 2 is 2.00 bits per heavy atom. The molecule has 3 rings (SSSR count). The van der Waals surface area contributed by atoms with Crippen LogP contribution in [0.3, 0.4) is 0 Å². The van der Waals surface area contributed by atoms with Gasteiger partial charge >= 0.3 is 6.61 Å². The van der Waals surface area contributed by atoms with Crippen molar-refractivity contribution in [2.45, 2.75) is 6.61 Å². The van der Waals surface area contributed by atoms with Crippen molar-refractivity contribution in [2.75, 3.05) is 26.2 Å². The van der Waals surface area contributed by atoms with E-state index in [0.717, 1.165) is 26.2 Å². The van der Waals surface area contributed by atoms with Crippen molar-refractivity contribution in [1.29, 1.82) is 0 Å². The maximum Gasteiger partial charge on any atom is 0.387 e. The number of carbonyl (C=O) groups excluding carboxylic acids is 1. The number of benzene rings is 1. The molecule has 2 heterocycles. The van der Waals surface area contributed by atoms with Gasteiger partial charge in [0, 0.05) is 31.7 Å². The maximum atomic E-state index is 12.4. The number of ether oxygens (including phenoxy) is 1. The molecule has 0 unspecified atom stereocenters. The zero-order valence-electron chi connectivity index (χ0n) is 10.9. The summed E-state index contributed by atoms with van der Waals surface area (Å²) >= 11 is 0. The highest BCUT2D eigenvalue weighted by atomic mass is 19.3. The molecule has 2 aliphatic heterocycles. The molecule has 2 aliphatic rings. The van der Waals surface area contributed by atoms with Gasteiger partial charge in [0.25, 0.3) is 5.91 Å². The third-order valence-electron chi connectivity index (χ3n) is 3.98. The Balaban J connectivity index is 1.71. The Bertz CT molecular complexity index is 498. The zero-order valence-corrected chi connectivity index (χ0v) is 10.9. The number of likely N-dealkylation sites (tertiary alicyclic amines) is 1. The minimum absolute atomic E-state index is 0.0203. The molecule has 2 saturated heterocycles. The van der Waals surface area contributed by atoms with Crippen LogP contribution in [0.1, 0.15) is 10.4 Å². The summed E-state index contributed by atoms with van der Waals surface area (Å²) in [6.07, 6.45) is 0. The van der Waals surface area contributed by atoms with E-state index in [9.17, 15) is 13.6 Å². The molecule has 1 aromatic carbocycles. The van der Waals surface area contributed by atoms with Crippen LogP contribution in [0.4, 0.5) is 8.78 Å². The number of fused-ring (bicyclic) bond motifs is 1. The molecule has 2 atom stereocenters. The van der Waals surface area contributed by atoms with E-state index in [1.54, 1.807) is 17.0 Å². The second-order valence-corrected chi connectivity index (χ2v) is 5.29. The van der Waals surface area contributed by atoms with Gasteiger partial charge in [0.2, 0.25) is 0 Å². The predicted molar refractivity (Wildman–Crippen MR) is 68.8 cm³/mol. The lowest BCUT2D eigenvalue weighted by atomic mass is 10.0. The van der Waals surface area contributed by atoms with E-state index < -0.39 is 6.61 Å². The predicted octanol–water partition coefficient (Wildman–Crippen LogP) is 1.58. The molecular formula is C14H16F2N2O2. The molecule has 6 heteroatoms. The van der Waals surface area contributed by atoms with E-state index >= 15 is 0 Å². The lowest BCUT2D eigenvalue weighted by Gasteiger charge is -2.18. The van der Waals surface area contributed by atoms with Crippen molar-refractivity contribution < 1.29 is 18.3 Å². The van der Waals surface area contributed by atoms with Crippen LogP contribution in [0.5, 0.6) is 5.75 Å². The van der Waals surface area contributed by atoms with Gasteiger partial charge in [0.05, 0.1) is 0 Å². The second kappa shape index (κ2) is 5.36. The third kappa shape index (κ3) is 2.60. The summed E-state index contributed by atoms with van der Waals surface area (Å²) in [5, 5.41) is 3.31. The number of hydrogen-bond donors (Lipinski definition) is 1. The minimum atomic E-state index is -2.88. The molecular weight excluding hydrogens is 266 g/mol. The molecule has 2 fully saturated rings. The number of amides is 1. The smallest absolute Gasteiger partial charge is 0.387 e. The molecule has 4 nitrogen and oxygen atoms in total. The van der Waals surface area contributed by atoms with Crippen molar-refractivity contribution in [2.24, 2.45) is 11.8 Å². The first-order chi connectivity index (χ1) is 9.63. The van der Waals surface area contributed by atoms with Gasteiger partial charge in [-0.3, -0.25) is 4.79 Å². The van der Waals surface area contributed by atoms with E-state index in [4.69, 9.17) is 0 Å². The van der Waals surface area contributed by atoms with E-state index in [2.05, 4.69) is 10.1 Å². The first kappa shape index (κ1) is 13.3. The van der Waals surface area contributed by atoms with E-state index in [1.165, 1.54) is 12.1 Å². The van der Waals surface area contributed by atoms with Crippen LogP contribution in [0.15, 0.2) is 24.3 Å². The average Bonchev–Trinajstić information content (AvgIpc) is 2.98. The van der Waals surface area contributed by atoms with Gasteiger partial charge in [0.1, 0.15) is 5.75 Å². The van der Waals surface area contributed by atoms with Gasteiger partial charge in [-0.15, -0.1) is 0 Å². The summed E-state index contributed by atoms with van der Waals surface area (Å²) in [5.74, 6) is 0.935. The Labute approximate surface area is 115 Å².